The van der Waals surface area contributed by atoms with Crippen molar-refractivity contribution >= 4 is 11.6 Å². The van der Waals surface area contributed by atoms with Gasteiger partial charge in [0.2, 0.25) is 0 Å². The second-order valence-electron chi connectivity index (χ2n) is 4.51. The summed E-state index contributed by atoms with van der Waals surface area (Å²) in [6, 6.07) is 3.40. The van der Waals surface area contributed by atoms with Crippen molar-refractivity contribution in [3.05, 3.63) is 46.8 Å². The van der Waals surface area contributed by atoms with Gasteiger partial charge in [0.25, 0.3) is 5.91 Å². The fourth-order valence-electron chi connectivity index (χ4n) is 2.20. The van der Waals surface area contributed by atoms with Crippen LogP contribution in [0.4, 0.5) is 14.5 Å². The van der Waals surface area contributed by atoms with Gasteiger partial charge in [-0.1, -0.05) is 6.07 Å². The number of hydrogen-bond acceptors (Lipinski definition) is 3. The van der Waals surface area contributed by atoms with E-state index in [0.717, 1.165) is 36.4 Å². The largest absolute Gasteiger partial charge is 0.316 e. The van der Waals surface area contributed by atoms with Crippen LogP contribution in [0.1, 0.15) is 21.7 Å². The van der Waals surface area contributed by atoms with Crippen molar-refractivity contribution in [2.75, 3.05) is 11.9 Å². The minimum Gasteiger partial charge on any atom is -0.316 e. The average molecular weight is 278 g/mol. The number of fused-ring (bicyclic) bond motifs is 1. The van der Waals surface area contributed by atoms with Gasteiger partial charge in [0.05, 0.1) is 0 Å². The molecule has 1 amide bonds. The maximum Gasteiger partial charge on any atom is 0.276 e. The van der Waals surface area contributed by atoms with Crippen LogP contribution in [0.3, 0.4) is 0 Å². The molecule has 3 N–H and O–H groups in total. The lowest BCUT2D eigenvalue weighted by atomic mass is 10.1. The topological polar surface area (TPSA) is 69.8 Å². The van der Waals surface area contributed by atoms with Crippen molar-refractivity contribution in [3.63, 3.8) is 0 Å². The maximum absolute atomic E-state index is 13.5. The fourth-order valence-corrected chi connectivity index (χ4v) is 2.20. The highest BCUT2D eigenvalue weighted by atomic mass is 19.1. The number of nitrogens with zero attached hydrogens (tertiary/aromatic N) is 1. The summed E-state index contributed by atoms with van der Waals surface area (Å²) in [5.74, 6) is -2.27. The number of nitrogens with one attached hydrogen (secondary N) is 3. The Hall–Kier alpha value is -2.28. The standard InChI is InChI=1S/C13H12F2N4O/c14-8-2-1-3-9(15)12(8)17-13(20)11-7-6-16-5-4-10(7)18-19-11/h1-3,16H,4-6H2,(H,17,20)(H,18,19). The Labute approximate surface area is 113 Å². The van der Waals surface area contributed by atoms with E-state index in [1.54, 1.807) is 0 Å². The number of hydrogen-bond donors (Lipinski definition) is 3. The van der Waals surface area contributed by atoms with Crippen LogP contribution < -0.4 is 10.6 Å². The second kappa shape index (κ2) is 5.01. The van der Waals surface area contributed by atoms with Gasteiger partial charge in [0.15, 0.2) is 5.69 Å². The summed E-state index contributed by atoms with van der Waals surface area (Å²) in [5, 5.41) is 12.1. The van der Waals surface area contributed by atoms with Gasteiger partial charge in [0, 0.05) is 30.8 Å². The molecule has 1 aromatic heterocycles. The summed E-state index contributed by atoms with van der Waals surface area (Å²) in [6.45, 7) is 1.31. The molecule has 104 valence electrons. The van der Waals surface area contributed by atoms with Crippen LogP contribution in [0.2, 0.25) is 0 Å². The summed E-state index contributed by atoms with van der Waals surface area (Å²) in [5.41, 5.74) is 1.32. The molecule has 3 rings (SSSR count). The van der Waals surface area contributed by atoms with E-state index in [1.165, 1.54) is 6.07 Å². The van der Waals surface area contributed by atoms with Gasteiger partial charge in [-0.15, -0.1) is 0 Å². The second-order valence-corrected chi connectivity index (χ2v) is 4.51. The molecule has 0 radical (unpaired) electrons. The molecule has 0 atom stereocenters. The van der Waals surface area contributed by atoms with E-state index in [2.05, 4.69) is 20.8 Å². The minimum absolute atomic E-state index is 0.162. The highest BCUT2D eigenvalue weighted by molar-refractivity contribution is 6.04. The number of halogens is 2. The molecule has 0 saturated heterocycles. The lowest BCUT2D eigenvalue weighted by Gasteiger charge is -2.13. The highest BCUT2D eigenvalue weighted by Crippen LogP contribution is 2.21. The van der Waals surface area contributed by atoms with Crippen molar-refractivity contribution in [2.24, 2.45) is 0 Å². The first-order chi connectivity index (χ1) is 9.66. The quantitative estimate of drug-likeness (QED) is 0.781. The van der Waals surface area contributed by atoms with Crippen molar-refractivity contribution in [1.82, 2.24) is 15.5 Å². The van der Waals surface area contributed by atoms with E-state index in [4.69, 9.17) is 0 Å². The van der Waals surface area contributed by atoms with Crippen LogP contribution in [0, 0.1) is 11.6 Å². The summed E-state index contributed by atoms with van der Waals surface area (Å²) in [6.07, 6.45) is 0.740. The minimum atomic E-state index is -0.819. The molecule has 0 bridgehead atoms. The zero-order valence-corrected chi connectivity index (χ0v) is 10.5. The van der Waals surface area contributed by atoms with Crippen molar-refractivity contribution in [3.8, 4) is 0 Å². The highest BCUT2D eigenvalue weighted by Gasteiger charge is 2.23. The molecule has 2 aromatic rings. The monoisotopic (exact) mass is 278 g/mol. The van der Waals surface area contributed by atoms with Crippen LogP contribution in [-0.2, 0) is 13.0 Å². The molecule has 20 heavy (non-hydrogen) atoms. The van der Waals surface area contributed by atoms with Crippen LogP contribution in [0.25, 0.3) is 0 Å². The SMILES string of the molecule is O=C(Nc1c(F)cccc1F)c1n[nH]c2c1CNCC2. The Morgan fingerprint density at radius 3 is 2.80 bits per heavy atom. The average Bonchev–Trinajstić information content (AvgIpc) is 2.87. The van der Waals surface area contributed by atoms with Gasteiger partial charge in [-0.3, -0.25) is 9.89 Å². The zero-order chi connectivity index (χ0) is 14.1. The lowest BCUT2D eigenvalue weighted by Crippen LogP contribution is -2.25. The predicted molar refractivity (Wildman–Crippen MR) is 68.3 cm³/mol. The molecule has 0 fully saturated rings. The number of amides is 1. The molecular weight excluding hydrogens is 266 g/mol. The van der Waals surface area contributed by atoms with E-state index in [1.807, 2.05) is 0 Å². The third-order valence-corrected chi connectivity index (χ3v) is 3.22. The summed E-state index contributed by atoms with van der Waals surface area (Å²) in [4.78, 5) is 12.1. The molecule has 0 spiro atoms. The Morgan fingerprint density at radius 2 is 2.05 bits per heavy atom. The van der Waals surface area contributed by atoms with Gasteiger partial charge >= 0.3 is 0 Å². The Morgan fingerprint density at radius 1 is 1.30 bits per heavy atom. The Kier molecular flexibility index (Phi) is 3.19. The van der Waals surface area contributed by atoms with Crippen molar-refractivity contribution in [1.29, 1.82) is 0 Å². The van der Waals surface area contributed by atoms with Crippen LogP contribution >= 0.6 is 0 Å². The Balaban J connectivity index is 1.89. The normalized spacial score (nSPS) is 13.9. The number of carbonyl (C=O) groups excluding carboxylic acids is 1. The van der Waals surface area contributed by atoms with E-state index in [0.29, 0.717) is 6.54 Å². The third kappa shape index (κ3) is 2.16. The summed E-state index contributed by atoms with van der Waals surface area (Å²) < 4.78 is 27.0. The van der Waals surface area contributed by atoms with Gasteiger partial charge in [0.1, 0.15) is 17.3 Å². The van der Waals surface area contributed by atoms with Crippen LogP contribution in [0.15, 0.2) is 18.2 Å². The maximum atomic E-state index is 13.5. The molecule has 0 unspecified atom stereocenters. The number of aromatic nitrogens is 2. The number of rotatable bonds is 2. The first-order valence-corrected chi connectivity index (χ1v) is 6.19. The van der Waals surface area contributed by atoms with Gasteiger partial charge in [-0.05, 0) is 12.1 Å². The molecule has 5 nitrogen and oxygen atoms in total. The van der Waals surface area contributed by atoms with E-state index in [-0.39, 0.29) is 5.69 Å². The number of anilines is 1. The zero-order valence-electron chi connectivity index (χ0n) is 10.5. The number of carbonyl (C=O) groups is 1. The summed E-state index contributed by atoms with van der Waals surface area (Å²) >= 11 is 0. The van der Waals surface area contributed by atoms with E-state index < -0.39 is 23.2 Å². The number of para-hydroxylation sites is 1. The molecule has 0 saturated carbocycles. The first-order valence-electron chi connectivity index (χ1n) is 6.19. The van der Waals surface area contributed by atoms with E-state index >= 15 is 0 Å². The molecule has 1 aliphatic rings. The summed E-state index contributed by atoms with van der Waals surface area (Å²) in [7, 11) is 0. The molecule has 7 heteroatoms. The Bertz CT molecular complexity index is 648. The van der Waals surface area contributed by atoms with Gasteiger partial charge < -0.3 is 10.6 Å². The number of H-pyrrole nitrogens is 1. The van der Waals surface area contributed by atoms with Crippen molar-refractivity contribution in [2.45, 2.75) is 13.0 Å². The van der Waals surface area contributed by atoms with Gasteiger partial charge in [-0.2, -0.15) is 5.10 Å². The molecular formula is C13H12F2N4O. The molecule has 1 aliphatic heterocycles. The third-order valence-electron chi connectivity index (χ3n) is 3.22. The molecule has 1 aromatic carbocycles. The lowest BCUT2D eigenvalue weighted by molar-refractivity contribution is 0.102. The van der Waals surface area contributed by atoms with E-state index in [9.17, 15) is 13.6 Å². The fraction of sp³-hybridized carbons (Fsp3) is 0.231. The van der Waals surface area contributed by atoms with Crippen LogP contribution in [0.5, 0.6) is 0 Å². The number of benzene rings is 1. The molecule has 0 aliphatic carbocycles. The van der Waals surface area contributed by atoms with Crippen LogP contribution in [-0.4, -0.2) is 22.6 Å². The van der Waals surface area contributed by atoms with Gasteiger partial charge in [-0.25, -0.2) is 8.78 Å². The first kappa shape index (κ1) is 12.7. The predicted octanol–water partition coefficient (Wildman–Crippen LogP) is 1.59. The van der Waals surface area contributed by atoms with Crippen molar-refractivity contribution < 1.29 is 13.6 Å². The smallest absolute Gasteiger partial charge is 0.276 e. The number of aromatic amines is 1. The molecule has 2 heterocycles.